The van der Waals surface area contributed by atoms with E-state index in [4.69, 9.17) is 23.2 Å². The van der Waals surface area contributed by atoms with Crippen molar-refractivity contribution in [2.24, 2.45) is 0 Å². The third-order valence-corrected chi connectivity index (χ3v) is 5.49. The van der Waals surface area contributed by atoms with Gasteiger partial charge < -0.3 is 5.32 Å². The Hall–Kier alpha value is -2.54. The molecule has 138 valence electrons. The summed E-state index contributed by atoms with van der Waals surface area (Å²) in [6.45, 7) is 0. The molecule has 0 heterocycles. The monoisotopic (exact) mass is 420 g/mol. The summed E-state index contributed by atoms with van der Waals surface area (Å²) in [6.07, 6.45) is 0. The molecular weight excluding hydrogens is 407 g/mol. The van der Waals surface area contributed by atoms with Crippen LogP contribution in [-0.4, -0.2) is 14.3 Å². The van der Waals surface area contributed by atoms with E-state index in [1.54, 1.807) is 24.3 Å². The normalized spacial score (nSPS) is 11.0. The Kier molecular flexibility index (Phi) is 5.70. The zero-order chi connectivity index (χ0) is 19.4. The lowest BCUT2D eigenvalue weighted by Gasteiger charge is -2.13. The van der Waals surface area contributed by atoms with Crippen molar-refractivity contribution in [3.05, 3.63) is 88.4 Å². The first-order valence-corrected chi connectivity index (χ1v) is 10.0. The van der Waals surface area contributed by atoms with Gasteiger partial charge in [-0.05, 0) is 54.6 Å². The number of carbonyl (C=O) groups excluding carboxylic acids is 1. The molecule has 8 heteroatoms. The Labute approximate surface area is 167 Å². The van der Waals surface area contributed by atoms with E-state index in [9.17, 15) is 13.2 Å². The minimum atomic E-state index is -3.90. The van der Waals surface area contributed by atoms with Crippen molar-refractivity contribution in [3.8, 4) is 0 Å². The van der Waals surface area contributed by atoms with Crippen LogP contribution in [0.3, 0.4) is 0 Å². The Balaban J connectivity index is 1.92. The van der Waals surface area contributed by atoms with Crippen molar-refractivity contribution in [1.29, 1.82) is 0 Å². The Morgan fingerprint density at radius 3 is 2.11 bits per heavy atom. The average Bonchev–Trinajstić information content (AvgIpc) is 2.64. The van der Waals surface area contributed by atoms with E-state index in [2.05, 4.69) is 10.0 Å². The molecule has 3 aromatic rings. The summed E-state index contributed by atoms with van der Waals surface area (Å²) >= 11 is 11.8. The molecule has 0 aliphatic heterocycles. The van der Waals surface area contributed by atoms with Crippen LogP contribution in [0.2, 0.25) is 10.0 Å². The van der Waals surface area contributed by atoms with Crippen molar-refractivity contribution in [1.82, 2.24) is 0 Å². The molecule has 0 aromatic heterocycles. The summed E-state index contributed by atoms with van der Waals surface area (Å²) in [6, 6.07) is 18.9. The fourth-order valence-corrected chi connectivity index (χ4v) is 3.71. The van der Waals surface area contributed by atoms with Crippen LogP contribution in [0.4, 0.5) is 11.4 Å². The number of anilines is 2. The van der Waals surface area contributed by atoms with Gasteiger partial charge in [0.05, 0.1) is 16.1 Å². The van der Waals surface area contributed by atoms with Gasteiger partial charge in [0.25, 0.3) is 15.9 Å². The van der Waals surface area contributed by atoms with E-state index >= 15 is 0 Å². The maximum atomic E-state index is 12.6. The van der Waals surface area contributed by atoms with Gasteiger partial charge >= 0.3 is 0 Å². The highest BCUT2D eigenvalue weighted by atomic mass is 35.5. The predicted molar refractivity (Wildman–Crippen MR) is 108 cm³/mol. The van der Waals surface area contributed by atoms with Gasteiger partial charge in [0.2, 0.25) is 0 Å². The highest BCUT2D eigenvalue weighted by Crippen LogP contribution is 2.25. The summed E-state index contributed by atoms with van der Waals surface area (Å²) in [5.74, 6) is -0.488. The van der Waals surface area contributed by atoms with E-state index < -0.39 is 15.9 Å². The van der Waals surface area contributed by atoms with Crippen LogP contribution < -0.4 is 10.0 Å². The van der Waals surface area contributed by atoms with Gasteiger partial charge in [-0.1, -0.05) is 41.4 Å². The van der Waals surface area contributed by atoms with Gasteiger partial charge in [0.1, 0.15) is 0 Å². The van der Waals surface area contributed by atoms with Crippen LogP contribution >= 0.6 is 23.2 Å². The fourth-order valence-electron chi connectivity index (χ4n) is 2.33. The molecule has 5 nitrogen and oxygen atoms in total. The van der Waals surface area contributed by atoms with Crippen LogP contribution in [0.1, 0.15) is 10.4 Å². The lowest BCUT2D eigenvalue weighted by molar-refractivity contribution is 0.102. The maximum Gasteiger partial charge on any atom is 0.261 e. The molecule has 3 aromatic carbocycles. The summed E-state index contributed by atoms with van der Waals surface area (Å²) in [4.78, 5) is 12.7. The quantitative estimate of drug-likeness (QED) is 0.606. The van der Waals surface area contributed by atoms with E-state index in [-0.39, 0.29) is 16.1 Å². The number of rotatable bonds is 5. The molecule has 0 fully saturated rings. The largest absolute Gasteiger partial charge is 0.322 e. The first-order chi connectivity index (χ1) is 12.8. The molecule has 0 atom stereocenters. The molecule has 0 unspecified atom stereocenters. The molecule has 0 bridgehead atoms. The molecule has 3 rings (SSSR count). The Bertz CT molecular complexity index is 1070. The molecule has 1 amide bonds. The number of benzene rings is 3. The number of amides is 1. The Morgan fingerprint density at radius 1 is 0.815 bits per heavy atom. The number of hydrogen-bond donors (Lipinski definition) is 2. The first kappa shape index (κ1) is 19.2. The van der Waals surface area contributed by atoms with Crippen LogP contribution in [0.25, 0.3) is 0 Å². The molecule has 27 heavy (non-hydrogen) atoms. The lowest BCUT2D eigenvalue weighted by Crippen LogP contribution is -2.18. The molecule has 0 saturated carbocycles. The van der Waals surface area contributed by atoms with Gasteiger partial charge in [-0.2, -0.15) is 0 Å². The van der Waals surface area contributed by atoms with Crippen molar-refractivity contribution in [2.75, 3.05) is 10.0 Å². The highest BCUT2D eigenvalue weighted by Gasteiger charge is 2.19. The number of carbonyl (C=O) groups is 1. The lowest BCUT2D eigenvalue weighted by atomic mass is 10.1. The van der Waals surface area contributed by atoms with Crippen molar-refractivity contribution >= 4 is 50.5 Å². The van der Waals surface area contributed by atoms with Gasteiger partial charge in [0.15, 0.2) is 0 Å². The summed E-state index contributed by atoms with van der Waals surface area (Å²) in [5.41, 5.74) is 0.792. The second-order valence-electron chi connectivity index (χ2n) is 5.57. The molecular formula is C19H14Cl2N2O3S. The molecule has 0 aliphatic carbocycles. The number of hydrogen-bond acceptors (Lipinski definition) is 3. The average molecular weight is 421 g/mol. The molecule has 2 N–H and O–H groups in total. The number of nitrogens with one attached hydrogen (secondary N) is 2. The fraction of sp³-hybridized carbons (Fsp3) is 0. The molecule has 0 aliphatic rings. The zero-order valence-corrected chi connectivity index (χ0v) is 16.1. The van der Waals surface area contributed by atoms with Gasteiger partial charge in [-0.3, -0.25) is 9.52 Å². The smallest absolute Gasteiger partial charge is 0.261 e. The molecule has 0 radical (unpaired) electrons. The van der Waals surface area contributed by atoms with Crippen molar-refractivity contribution < 1.29 is 13.2 Å². The van der Waals surface area contributed by atoms with Crippen molar-refractivity contribution in [2.45, 2.75) is 4.90 Å². The standard InChI is InChI=1S/C19H14Cl2N2O3S/c20-13-6-9-16(10-7-13)27(25,26)23-18-11-8-14(21)12-17(18)19(24)22-15-4-2-1-3-5-15/h1-12,23H,(H,22,24). The first-order valence-electron chi connectivity index (χ1n) is 7.79. The molecule has 0 spiro atoms. The summed E-state index contributed by atoms with van der Waals surface area (Å²) < 4.78 is 27.7. The minimum Gasteiger partial charge on any atom is -0.322 e. The maximum absolute atomic E-state index is 12.6. The van der Waals surface area contributed by atoms with Gasteiger partial charge in [-0.15, -0.1) is 0 Å². The number of halogens is 2. The minimum absolute atomic E-state index is 0.0243. The van der Waals surface area contributed by atoms with Crippen LogP contribution in [0.5, 0.6) is 0 Å². The van der Waals surface area contributed by atoms with Gasteiger partial charge in [-0.25, -0.2) is 8.42 Å². The van der Waals surface area contributed by atoms with Crippen LogP contribution in [0, 0.1) is 0 Å². The number of sulfonamides is 1. The Morgan fingerprint density at radius 2 is 1.44 bits per heavy atom. The van der Waals surface area contributed by atoms with Crippen LogP contribution in [-0.2, 0) is 10.0 Å². The molecule has 0 saturated heterocycles. The summed E-state index contributed by atoms with van der Waals surface area (Å²) in [7, 11) is -3.90. The third kappa shape index (κ3) is 4.80. The van der Waals surface area contributed by atoms with E-state index in [0.717, 1.165) is 0 Å². The summed E-state index contributed by atoms with van der Waals surface area (Å²) in [5, 5.41) is 3.44. The van der Waals surface area contributed by atoms with E-state index in [1.807, 2.05) is 6.07 Å². The van der Waals surface area contributed by atoms with Crippen molar-refractivity contribution in [3.63, 3.8) is 0 Å². The second-order valence-corrected chi connectivity index (χ2v) is 8.12. The van der Waals surface area contributed by atoms with Crippen LogP contribution in [0.15, 0.2) is 77.7 Å². The highest BCUT2D eigenvalue weighted by molar-refractivity contribution is 7.92. The third-order valence-electron chi connectivity index (χ3n) is 3.63. The van der Waals surface area contributed by atoms with E-state index in [0.29, 0.717) is 15.7 Å². The topological polar surface area (TPSA) is 75.3 Å². The number of para-hydroxylation sites is 1. The SMILES string of the molecule is O=C(Nc1ccccc1)c1cc(Cl)ccc1NS(=O)(=O)c1ccc(Cl)cc1. The predicted octanol–water partition coefficient (Wildman–Crippen LogP) is 5.05. The zero-order valence-electron chi connectivity index (χ0n) is 13.8. The second kappa shape index (κ2) is 8.00. The van der Waals surface area contributed by atoms with E-state index in [1.165, 1.54) is 42.5 Å². The van der Waals surface area contributed by atoms with Gasteiger partial charge in [0, 0.05) is 15.7 Å².